The normalized spacial score (nSPS) is 14.2. The van der Waals surface area contributed by atoms with Gasteiger partial charge in [-0.25, -0.2) is 4.79 Å². The molecule has 168 valence electrons. The molecule has 2 aromatic rings. The van der Waals surface area contributed by atoms with Crippen molar-refractivity contribution in [3.63, 3.8) is 0 Å². The van der Waals surface area contributed by atoms with E-state index in [1.54, 1.807) is 42.2 Å². The van der Waals surface area contributed by atoms with E-state index in [0.717, 1.165) is 18.4 Å². The molecule has 6 nitrogen and oxygen atoms in total. The number of carbonyl (C=O) groups excluding carboxylic acids is 1. The third-order valence-electron chi connectivity index (χ3n) is 4.84. The summed E-state index contributed by atoms with van der Waals surface area (Å²) in [6.45, 7) is 8.52. The van der Waals surface area contributed by atoms with Gasteiger partial charge in [0, 0.05) is 18.6 Å². The summed E-state index contributed by atoms with van der Waals surface area (Å²) in [6.07, 6.45) is 2.25. The predicted molar refractivity (Wildman–Crippen MR) is 122 cm³/mol. The fraction of sp³-hybridized carbons (Fsp3) is 0.435. The summed E-state index contributed by atoms with van der Waals surface area (Å²) in [7, 11) is -4.09. The topological polar surface area (TPSA) is 75.7 Å². The van der Waals surface area contributed by atoms with Crippen molar-refractivity contribution in [3.8, 4) is 5.75 Å². The first-order valence-electron chi connectivity index (χ1n) is 10.3. The van der Waals surface area contributed by atoms with Crippen LogP contribution in [0.25, 0.3) is 0 Å². The molecule has 1 fully saturated rings. The molecule has 0 atom stereocenters. The van der Waals surface area contributed by atoms with E-state index in [-0.39, 0.29) is 27.2 Å². The quantitative estimate of drug-likeness (QED) is 0.576. The van der Waals surface area contributed by atoms with Gasteiger partial charge in [-0.3, -0.25) is 0 Å². The molecule has 0 spiro atoms. The number of hydrogen-bond acceptors (Lipinski definition) is 4. The van der Waals surface area contributed by atoms with E-state index in [2.05, 4.69) is 5.32 Å². The molecule has 0 bridgehead atoms. The molecule has 1 aliphatic rings. The summed E-state index contributed by atoms with van der Waals surface area (Å²) in [5, 5.41) is 3.12. The minimum atomic E-state index is -4.09. The smallest absolute Gasteiger partial charge is 0.340 e. The Labute approximate surface area is 189 Å². The van der Waals surface area contributed by atoms with E-state index >= 15 is 0 Å². The Bertz CT molecular complexity index is 1040. The van der Waals surface area contributed by atoms with Crippen molar-refractivity contribution in [2.75, 3.05) is 6.54 Å². The van der Waals surface area contributed by atoms with Crippen LogP contribution in [-0.2, 0) is 16.7 Å². The van der Waals surface area contributed by atoms with Crippen molar-refractivity contribution in [1.29, 1.82) is 0 Å². The Balaban J connectivity index is 1.79. The summed E-state index contributed by atoms with van der Waals surface area (Å²) < 4.78 is 31.0. The molecule has 1 saturated carbocycles. The highest BCUT2D eigenvalue weighted by Crippen LogP contribution is 2.31. The van der Waals surface area contributed by atoms with E-state index in [0.29, 0.717) is 24.6 Å². The fourth-order valence-corrected chi connectivity index (χ4v) is 4.96. The first-order valence-corrected chi connectivity index (χ1v) is 12.1. The van der Waals surface area contributed by atoms with Gasteiger partial charge >= 0.3 is 16.1 Å². The summed E-state index contributed by atoms with van der Waals surface area (Å²) in [4.78, 5) is 14.5. The molecule has 2 aromatic carbocycles. The zero-order valence-corrected chi connectivity index (χ0v) is 19.9. The number of halogens is 1. The molecular formula is C23H29ClN2O4S. The van der Waals surface area contributed by atoms with E-state index in [1.165, 1.54) is 6.07 Å². The van der Waals surface area contributed by atoms with Crippen LogP contribution in [0.2, 0.25) is 5.02 Å². The third-order valence-corrected chi connectivity index (χ3v) is 6.72. The Morgan fingerprint density at radius 2 is 1.87 bits per heavy atom. The van der Waals surface area contributed by atoms with Crippen molar-refractivity contribution in [2.24, 2.45) is 5.92 Å². The van der Waals surface area contributed by atoms with Gasteiger partial charge in [0.1, 0.15) is 10.6 Å². The largest absolute Gasteiger partial charge is 0.379 e. The predicted octanol–water partition coefficient (Wildman–Crippen LogP) is 5.14. The molecule has 0 aromatic heterocycles. The second kappa shape index (κ2) is 9.09. The highest BCUT2D eigenvalue weighted by molar-refractivity contribution is 7.87. The molecule has 8 heteroatoms. The molecule has 2 amide bonds. The Morgan fingerprint density at radius 3 is 2.48 bits per heavy atom. The van der Waals surface area contributed by atoms with Crippen LogP contribution in [-0.4, -0.2) is 31.4 Å². The molecular weight excluding hydrogens is 436 g/mol. The fourth-order valence-electron chi connectivity index (χ4n) is 3.25. The lowest BCUT2D eigenvalue weighted by molar-refractivity contribution is 0.183. The van der Waals surface area contributed by atoms with E-state index < -0.39 is 10.1 Å². The number of urea groups is 1. The molecule has 1 N–H and O–H groups in total. The number of nitrogens with one attached hydrogen (secondary N) is 1. The number of hydrogen-bond donors (Lipinski definition) is 1. The van der Waals surface area contributed by atoms with Crippen molar-refractivity contribution in [2.45, 2.75) is 57.5 Å². The SMILES string of the molecule is Cc1cccc(Cl)c1S(=O)(=O)Oc1cccc(CN(CC2CC2)C(=O)NC(C)(C)C)c1. The molecule has 0 saturated heterocycles. The van der Waals surface area contributed by atoms with Crippen molar-refractivity contribution in [3.05, 3.63) is 58.6 Å². The molecule has 0 radical (unpaired) electrons. The first kappa shape index (κ1) is 23.4. The van der Waals surface area contributed by atoms with Gasteiger partial charge in [0.2, 0.25) is 0 Å². The van der Waals surface area contributed by atoms with Crippen LogP contribution in [0.1, 0.15) is 44.7 Å². The van der Waals surface area contributed by atoms with Gasteiger partial charge in [-0.15, -0.1) is 0 Å². The average Bonchev–Trinajstić information content (AvgIpc) is 3.43. The molecule has 31 heavy (non-hydrogen) atoms. The molecule has 3 rings (SSSR count). The zero-order chi connectivity index (χ0) is 22.8. The maximum Gasteiger partial charge on any atom is 0.340 e. The van der Waals surface area contributed by atoms with E-state index in [4.69, 9.17) is 15.8 Å². The van der Waals surface area contributed by atoms with Crippen molar-refractivity contribution >= 4 is 27.8 Å². The van der Waals surface area contributed by atoms with Crippen LogP contribution >= 0.6 is 11.6 Å². The molecule has 0 heterocycles. The third kappa shape index (κ3) is 6.61. The summed E-state index contributed by atoms with van der Waals surface area (Å²) >= 11 is 6.11. The minimum absolute atomic E-state index is 0.0398. The van der Waals surface area contributed by atoms with Crippen LogP contribution in [0.5, 0.6) is 5.75 Å². The van der Waals surface area contributed by atoms with Crippen LogP contribution in [0.4, 0.5) is 4.79 Å². The average molecular weight is 465 g/mol. The number of nitrogens with zero attached hydrogens (tertiary/aromatic N) is 1. The second-order valence-corrected chi connectivity index (χ2v) is 11.0. The lowest BCUT2D eigenvalue weighted by Crippen LogP contribution is -2.48. The Hall–Kier alpha value is -2.25. The van der Waals surface area contributed by atoms with E-state index in [9.17, 15) is 13.2 Å². The highest BCUT2D eigenvalue weighted by Gasteiger charge is 2.28. The number of benzene rings is 2. The lowest BCUT2D eigenvalue weighted by Gasteiger charge is -2.28. The van der Waals surface area contributed by atoms with Gasteiger partial charge in [0.25, 0.3) is 0 Å². The monoisotopic (exact) mass is 464 g/mol. The standard InChI is InChI=1S/C23H29ClN2O4S/c1-16-7-5-10-20(24)21(16)31(28,29)30-19-9-6-8-18(13-19)15-26(14-17-11-12-17)22(27)25-23(2,3)4/h5-10,13,17H,11-12,14-15H2,1-4H3,(H,25,27). The molecule has 0 unspecified atom stereocenters. The summed E-state index contributed by atoms with van der Waals surface area (Å²) in [5.74, 6) is 0.702. The second-order valence-electron chi connectivity index (χ2n) is 9.07. The van der Waals surface area contributed by atoms with Gasteiger partial charge in [-0.1, -0.05) is 35.9 Å². The summed E-state index contributed by atoms with van der Waals surface area (Å²) in [6, 6.07) is 11.5. The van der Waals surface area contributed by atoms with E-state index in [1.807, 2.05) is 26.8 Å². The van der Waals surface area contributed by atoms with Gasteiger partial charge < -0.3 is 14.4 Å². The Kier molecular flexibility index (Phi) is 6.86. The van der Waals surface area contributed by atoms with Gasteiger partial charge in [0.15, 0.2) is 0 Å². The van der Waals surface area contributed by atoms with Crippen LogP contribution < -0.4 is 9.50 Å². The first-order chi connectivity index (χ1) is 14.4. The maximum absolute atomic E-state index is 12.8. The Morgan fingerprint density at radius 1 is 1.19 bits per heavy atom. The maximum atomic E-state index is 12.8. The highest BCUT2D eigenvalue weighted by atomic mass is 35.5. The number of carbonyl (C=O) groups is 1. The number of amides is 2. The van der Waals surface area contributed by atoms with Crippen LogP contribution in [0, 0.1) is 12.8 Å². The zero-order valence-electron chi connectivity index (χ0n) is 18.3. The summed E-state index contributed by atoms with van der Waals surface area (Å²) in [5.41, 5.74) is 0.955. The van der Waals surface area contributed by atoms with Gasteiger partial charge in [-0.05, 0) is 75.8 Å². The van der Waals surface area contributed by atoms with Crippen molar-refractivity contribution < 1.29 is 17.4 Å². The number of aryl methyl sites for hydroxylation is 1. The van der Waals surface area contributed by atoms with Gasteiger partial charge in [-0.2, -0.15) is 8.42 Å². The lowest BCUT2D eigenvalue weighted by atomic mass is 10.1. The van der Waals surface area contributed by atoms with Gasteiger partial charge in [0.05, 0.1) is 5.02 Å². The molecule has 0 aliphatic heterocycles. The van der Waals surface area contributed by atoms with Crippen molar-refractivity contribution in [1.82, 2.24) is 10.2 Å². The van der Waals surface area contributed by atoms with Crippen LogP contribution in [0.15, 0.2) is 47.4 Å². The molecule has 1 aliphatic carbocycles. The minimum Gasteiger partial charge on any atom is -0.379 e. The van der Waals surface area contributed by atoms with Crippen LogP contribution in [0.3, 0.4) is 0 Å². The number of rotatable bonds is 7.